The summed E-state index contributed by atoms with van der Waals surface area (Å²) in [5.41, 5.74) is 0. The van der Waals surface area contributed by atoms with E-state index in [4.69, 9.17) is 8.42 Å². The number of hydrogen-bond donors (Lipinski definition) is 0. The van der Waals surface area contributed by atoms with Crippen molar-refractivity contribution in [2.45, 2.75) is 6.92 Å². The molecule has 0 aliphatic carbocycles. The molecule has 0 atom stereocenters. The van der Waals surface area contributed by atoms with Gasteiger partial charge in [-0.25, -0.2) is 8.42 Å². The van der Waals surface area contributed by atoms with Crippen LogP contribution in [0.15, 0.2) is 12.7 Å². The van der Waals surface area contributed by atoms with Crippen molar-refractivity contribution in [1.29, 1.82) is 0 Å². The van der Waals surface area contributed by atoms with E-state index in [-0.39, 0.29) is 11.5 Å². The second-order valence-corrected chi connectivity index (χ2v) is 5.02. The smallest absolute Gasteiger partial charge is 0.229 e. The van der Waals surface area contributed by atoms with E-state index >= 15 is 0 Å². The van der Waals surface area contributed by atoms with Crippen LogP contribution in [0.4, 0.5) is 7.77 Å². The fourth-order valence-electron chi connectivity index (χ4n) is 0.297. The lowest BCUT2D eigenvalue weighted by molar-refractivity contribution is 0.501. The Morgan fingerprint density at radius 2 is 1.54 bits per heavy atom. The number of rotatable bonds is 3. The Morgan fingerprint density at radius 3 is 1.62 bits per heavy atom. The van der Waals surface area contributed by atoms with E-state index in [9.17, 15) is 16.2 Å². The van der Waals surface area contributed by atoms with Gasteiger partial charge in [0.05, 0.1) is 5.75 Å². The van der Waals surface area contributed by atoms with Crippen molar-refractivity contribution in [3.05, 3.63) is 12.7 Å². The van der Waals surface area contributed by atoms with Gasteiger partial charge in [0.25, 0.3) is 0 Å². The Bertz CT molecular complexity index is 322. The van der Waals surface area contributed by atoms with E-state index in [1.54, 1.807) is 6.92 Å². The van der Waals surface area contributed by atoms with Crippen LogP contribution in [-0.2, 0) is 20.4 Å². The van der Waals surface area contributed by atoms with E-state index in [1.807, 2.05) is 0 Å². The summed E-state index contributed by atoms with van der Waals surface area (Å²) < 4.78 is 57.6. The van der Waals surface area contributed by atoms with Crippen LogP contribution >= 0.6 is 0 Å². The van der Waals surface area contributed by atoms with E-state index in [0.29, 0.717) is 0 Å². The fraction of sp³-hybridized carbons (Fsp3) is 0.600. The minimum absolute atomic E-state index is 0.101. The number of sulfone groups is 1. The topological polar surface area (TPSA) is 68.3 Å². The lowest BCUT2D eigenvalue weighted by Crippen LogP contribution is -2.05. The second-order valence-electron chi connectivity index (χ2n) is 1.87. The molecule has 0 radical (unpaired) electrons. The highest BCUT2D eigenvalue weighted by Gasteiger charge is 2.01. The Balaban J connectivity index is 0. The molecule has 0 spiro atoms. The van der Waals surface area contributed by atoms with Gasteiger partial charge in [-0.2, -0.15) is 8.42 Å². The van der Waals surface area contributed by atoms with Crippen molar-refractivity contribution >= 4 is 20.4 Å². The molecule has 0 rings (SSSR count). The first kappa shape index (κ1) is 15.0. The fourth-order valence-corrected chi connectivity index (χ4v) is 0.892. The molecular weight excluding hydrogens is 226 g/mol. The maximum Gasteiger partial charge on any atom is 0.476 e. The molecule has 0 N–H and O–H groups in total. The third-order valence-corrected chi connectivity index (χ3v) is 2.43. The van der Waals surface area contributed by atoms with Crippen LogP contribution in [-0.4, -0.2) is 28.3 Å². The zero-order chi connectivity index (χ0) is 11.1. The molecule has 0 aliphatic rings. The maximum absolute atomic E-state index is 10.5. The van der Waals surface area contributed by atoms with Crippen LogP contribution < -0.4 is 0 Å². The SMILES string of the molecule is C=CCS(=O)(=O)CC.O=S(=O)(F)F. The lowest BCUT2D eigenvalue weighted by atomic mass is 10.8. The first-order valence-corrected chi connectivity index (χ1v) is 6.18. The molecule has 0 bridgehead atoms. The van der Waals surface area contributed by atoms with Crippen molar-refractivity contribution in [3.63, 3.8) is 0 Å². The molecule has 80 valence electrons. The second kappa shape index (κ2) is 6.03. The first-order chi connectivity index (χ1) is 5.62. The Kier molecular flexibility index (Phi) is 6.96. The van der Waals surface area contributed by atoms with Gasteiger partial charge in [0.15, 0.2) is 9.84 Å². The predicted molar refractivity (Wildman–Crippen MR) is 45.7 cm³/mol. The predicted octanol–water partition coefficient (Wildman–Crippen LogP) is 0.777. The molecule has 0 aliphatic heterocycles. The summed E-state index contributed by atoms with van der Waals surface area (Å²) in [6.45, 7) is 4.94. The van der Waals surface area contributed by atoms with E-state index < -0.39 is 20.4 Å². The lowest BCUT2D eigenvalue weighted by Gasteiger charge is -1.90. The van der Waals surface area contributed by atoms with Crippen LogP contribution in [0, 0.1) is 0 Å². The molecule has 0 heterocycles. The Hall–Kier alpha value is -0.500. The Labute approximate surface area is 76.7 Å². The summed E-state index contributed by atoms with van der Waals surface area (Å²) >= 11 is 0. The van der Waals surface area contributed by atoms with Gasteiger partial charge in [-0.1, -0.05) is 20.8 Å². The molecule has 0 fully saturated rings. The van der Waals surface area contributed by atoms with Gasteiger partial charge in [0.2, 0.25) is 0 Å². The molecule has 0 saturated carbocycles. The van der Waals surface area contributed by atoms with Crippen molar-refractivity contribution in [1.82, 2.24) is 0 Å². The zero-order valence-electron chi connectivity index (χ0n) is 6.90. The normalized spacial score (nSPS) is 11.3. The van der Waals surface area contributed by atoms with Crippen LogP contribution in [0.1, 0.15) is 6.92 Å². The van der Waals surface area contributed by atoms with Crippen LogP contribution in [0.2, 0.25) is 0 Å². The molecule has 13 heavy (non-hydrogen) atoms. The molecule has 0 aromatic rings. The molecule has 0 aromatic heterocycles. The monoisotopic (exact) mass is 236 g/mol. The maximum atomic E-state index is 10.5. The zero-order valence-corrected chi connectivity index (χ0v) is 8.54. The van der Waals surface area contributed by atoms with Crippen molar-refractivity contribution in [2.75, 3.05) is 11.5 Å². The van der Waals surface area contributed by atoms with E-state index in [0.717, 1.165) is 0 Å². The highest BCUT2D eigenvalue weighted by molar-refractivity contribution is 7.91. The standard InChI is InChI=1S/C5H10O2S.F2O2S/c1-3-5-8(6,7)4-2;1-5(2,3)4/h3H,1,4-5H2,2H3;. The van der Waals surface area contributed by atoms with E-state index in [1.165, 1.54) is 6.08 Å². The summed E-state index contributed by atoms with van der Waals surface area (Å²) in [6, 6.07) is 0. The summed E-state index contributed by atoms with van der Waals surface area (Å²) in [6.07, 6.45) is 1.40. The minimum Gasteiger partial charge on any atom is -0.229 e. The largest absolute Gasteiger partial charge is 0.476 e. The van der Waals surface area contributed by atoms with Gasteiger partial charge in [-0.15, -0.1) is 6.58 Å². The van der Waals surface area contributed by atoms with E-state index in [2.05, 4.69) is 6.58 Å². The van der Waals surface area contributed by atoms with Gasteiger partial charge in [0, 0.05) is 5.75 Å². The molecule has 0 aromatic carbocycles. The summed E-state index contributed by atoms with van der Waals surface area (Å²) in [4.78, 5) is 0. The van der Waals surface area contributed by atoms with Gasteiger partial charge in [0.1, 0.15) is 0 Å². The van der Waals surface area contributed by atoms with Crippen LogP contribution in [0.5, 0.6) is 0 Å². The molecule has 0 saturated heterocycles. The molecule has 8 heteroatoms. The average Bonchev–Trinajstić information content (AvgIpc) is 1.84. The molecule has 0 amide bonds. The molecule has 4 nitrogen and oxygen atoms in total. The summed E-state index contributed by atoms with van der Waals surface area (Å²) in [5, 5.41) is 0. The van der Waals surface area contributed by atoms with Gasteiger partial charge >= 0.3 is 10.6 Å². The van der Waals surface area contributed by atoms with Gasteiger partial charge < -0.3 is 0 Å². The molecular formula is C5H10F2O4S2. The summed E-state index contributed by atoms with van der Waals surface area (Å²) in [7, 11) is -8.45. The van der Waals surface area contributed by atoms with Crippen molar-refractivity contribution in [3.8, 4) is 0 Å². The van der Waals surface area contributed by atoms with Gasteiger partial charge in [-0.05, 0) is 0 Å². The van der Waals surface area contributed by atoms with Crippen LogP contribution in [0.25, 0.3) is 0 Å². The van der Waals surface area contributed by atoms with Crippen LogP contribution in [0.3, 0.4) is 0 Å². The van der Waals surface area contributed by atoms with Crippen molar-refractivity contribution < 1.29 is 24.6 Å². The highest BCUT2D eigenvalue weighted by Crippen LogP contribution is 1.87. The molecule has 0 unspecified atom stereocenters. The Morgan fingerprint density at radius 1 is 1.23 bits per heavy atom. The number of hydrogen-bond acceptors (Lipinski definition) is 4. The highest BCUT2D eigenvalue weighted by atomic mass is 32.3. The average molecular weight is 236 g/mol. The first-order valence-electron chi connectivity index (χ1n) is 3.08. The number of halogens is 2. The third-order valence-electron chi connectivity index (χ3n) is 0.812. The minimum atomic E-state index is -5.67. The van der Waals surface area contributed by atoms with Crippen molar-refractivity contribution in [2.24, 2.45) is 0 Å². The summed E-state index contributed by atoms with van der Waals surface area (Å²) in [5.74, 6) is 0.308. The van der Waals surface area contributed by atoms with Gasteiger partial charge in [-0.3, -0.25) is 0 Å². The third kappa shape index (κ3) is 24.6. The quantitative estimate of drug-likeness (QED) is 0.536.